The van der Waals surface area contributed by atoms with E-state index in [1.54, 1.807) is 12.1 Å². The number of carboxylic acids is 1. The first-order valence-corrected chi connectivity index (χ1v) is 7.10. The topological polar surface area (TPSA) is 66.4 Å². The first kappa shape index (κ1) is 14.9. The molecular formula is C15H18ClNO3. The fourth-order valence-corrected chi connectivity index (χ4v) is 2.68. The number of rotatable bonds is 6. The third kappa shape index (κ3) is 3.97. The molecule has 1 aromatic carbocycles. The van der Waals surface area contributed by atoms with E-state index in [1.807, 2.05) is 12.1 Å². The highest BCUT2D eigenvalue weighted by Crippen LogP contribution is 2.43. The van der Waals surface area contributed by atoms with Crippen LogP contribution in [0.2, 0.25) is 5.02 Å². The second-order valence-corrected chi connectivity index (χ2v) is 5.94. The summed E-state index contributed by atoms with van der Waals surface area (Å²) in [7, 11) is 0. The summed E-state index contributed by atoms with van der Waals surface area (Å²) < 4.78 is 0. The third-order valence-corrected chi connectivity index (χ3v) is 4.13. The molecule has 2 N–H and O–H groups in total. The molecule has 0 bridgehead atoms. The summed E-state index contributed by atoms with van der Waals surface area (Å²) in [6, 6.07) is 7.14. The lowest BCUT2D eigenvalue weighted by Crippen LogP contribution is -2.43. The Morgan fingerprint density at radius 3 is 2.40 bits per heavy atom. The van der Waals surface area contributed by atoms with Crippen molar-refractivity contribution in [2.24, 2.45) is 5.41 Å². The number of hydrogen-bond donors (Lipinski definition) is 2. The molecule has 0 heterocycles. The molecule has 0 unspecified atom stereocenters. The molecule has 0 saturated heterocycles. The zero-order valence-electron chi connectivity index (χ0n) is 11.2. The van der Waals surface area contributed by atoms with E-state index in [2.05, 4.69) is 5.32 Å². The Morgan fingerprint density at radius 1 is 1.25 bits per heavy atom. The Balaban J connectivity index is 1.82. The highest BCUT2D eigenvalue weighted by Gasteiger charge is 2.39. The average Bonchev–Trinajstić information content (AvgIpc) is 2.35. The van der Waals surface area contributed by atoms with E-state index >= 15 is 0 Å². The van der Waals surface area contributed by atoms with Crippen LogP contribution in [-0.2, 0) is 16.0 Å². The van der Waals surface area contributed by atoms with E-state index in [4.69, 9.17) is 16.7 Å². The molecule has 1 amide bonds. The van der Waals surface area contributed by atoms with Crippen molar-refractivity contribution in [1.29, 1.82) is 0 Å². The van der Waals surface area contributed by atoms with Gasteiger partial charge in [0.2, 0.25) is 5.91 Å². The fraction of sp³-hybridized carbons (Fsp3) is 0.467. The Morgan fingerprint density at radius 2 is 1.90 bits per heavy atom. The van der Waals surface area contributed by atoms with E-state index in [0.717, 1.165) is 24.8 Å². The van der Waals surface area contributed by atoms with Crippen LogP contribution in [0.4, 0.5) is 0 Å². The van der Waals surface area contributed by atoms with Crippen LogP contribution in [0.5, 0.6) is 0 Å². The smallest absolute Gasteiger partial charge is 0.303 e. The predicted molar refractivity (Wildman–Crippen MR) is 76.7 cm³/mol. The lowest BCUT2D eigenvalue weighted by molar-refractivity contribution is -0.141. The van der Waals surface area contributed by atoms with Crippen LogP contribution in [0.25, 0.3) is 0 Å². The quantitative estimate of drug-likeness (QED) is 0.848. The normalized spacial score (nSPS) is 16.2. The van der Waals surface area contributed by atoms with Gasteiger partial charge in [0.1, 0.15) is 0 Å². The highest BCUT2D eigenvalue weighted by atomic mass is 35.5. The van der Waals surface area contributed by atoms with Crippen molar-refractivity contribution in [1.82, 2.24) is 5.32 Å². The summed E-state index contributed by atoms with van der Waals surface area (Å²) in [4.78, 5) is 22.7. The van der Waals surface area contributed by atoms with Gasteiger partial charge in [-0.3, -0.25) is 9.59 Å². The van der Waals surface area contributed by atoms with E-state index in [0.29, 0.717) is 18.0 Å². The molecule has 1 aliphatic carbocycles. The molecule has 4 nitrogen and oxygen atoms in total. The maximum Gasteiger partial charge on any atom is 0.303 e. The minimum absolute atomic E-state index is 0.0796. The van der Waals surface area contributed by atoms with Crippen LogP contribution in [-0.4, -0.2) is 23.5 Å². The van der Waals surface area contributed by atoms with Gasteiger partial charge in [-0.2, -0.15) is 0 Å². The minimum Gasteiger partial charge on any atom is -0.481 e. The van der Waals surface area contributed by atoms with Crippen LogP contribution in [0, 0.1) is 5.41 Å². The van der Waals surface area contributed by atoms with Crippen molar-refractivity contribution in [3.8, 4) is 0 Å². The molecule has 1 saturated carbocycles. The maximum atomic E-state index is 11.9. The Labute approximate surface area is 123 Å². The zero-order chi connectivity index (χ0) is 14.6. The van der Waals surface area contributed by atoms with Crippen LogP contribution in [0.15, 0.2) is 24.3 Å². The van der Waals surface area contributed by atoms with Gasteiger partial charge < -0.3 is 10.4 Å². The molecule has 0 spiro atoms. The fourth-order valence-electron chi connectivity index (χ4n) is 2.55. The number of nitrogens with one attached hydrogen (secondary N) is 1. The number of amides is 1. The van der Waals surface area contributed by atoms with E-state index in [-0.39, 0.29) is 17.7 Å². The largest absolute Gasteiger partial charge is 0.481 e. The van der Waals surface area contributed by atoms with Crippen molar-refractivity contribution in [2.75, 3.05) is 6.54 Å². The number of benzene rings is 1. The van der Waals surface area contributed by atoms with Crippen molar-refractivity contribution < 1.29 is 14.7 Å². The number of halogens is 1. The lowest BCUT2D eigenvalue weighted by Gasteiger charge is -2.40. The molecule has 108 valence electrons. The van der Waals surface area contributed by atoms with Crippen LogP contribution >= 0.6 is 11.6 Å². The molecule has 0 radical (unpaired) electrons. The van der Waals surface area contributed by atoms with Gasteiger partial charge in [-0.1, -0.05) is 30.2 Å². The summed E-state index contributed by atoms with van der Waals surface area (Å²) in [6.07, 6.45) is 3.22. The standard InChI is InChI=1S/C15H18ClNO3/c16-12-4-2-11(3-5-12)8-13(18)17-10-15(6-1-7-15)9-14(19)20/h2-5H,1,6-10H2,(H,17,18)(H,19,20). The first-order valence-electron chi connectivity index (χ1n) is 6.72. The van der Waals surface area contributed by atoms with Crippen molar-refractivity contribution >= 4 is 23.5 Å². The molecule has 0 aromatic heterocycles. The number of carbonyl (C=O) groups excluding carboxylic acids is 1. The second kappa shape index (κ2) is 6.27. The van der Waals surface area contributed by atoms with Gasteiger partial charge in [0.05, 0.1) is 12.8 Å². The third-order valence-electron chi connectivity index (χ3n) is 3.88. The van der Waals surface area contributed by atoms with E-state index in [9.17, 15) is 9.59 Å². The van der Waals surface area contributed by atoms with Gasteiger partial charge in [0.15, 0.2) is 0 Å². The van der Waals surface area contributed by atoms with Gasteiger partial charge in [-0.15, -0.1) is 0 Å². The Hall–Kier alpha value is -1.55. The van der Waals surface area contributed by atoms with Gasteiger partial charge in [0, 0.05) is 11.6 Å². The summed E-state index contributed by atoms with van der Waals surface area (Å²) in [5.41, 5.74) is 0.661. The van der Waals surface area contributed by atoms with Gasteiger partial charge in [0.25, 0.3) is 0 Å². The van der Waals surface area contributed by atoms with Crippen molar-refractivity contribution in [2.45, 2.75) is 32.1 Å². The van der Waals surface area contributed by atoms with Crippen molar-refractivity contribution in [3.63, 3.8) is 0 Å². The zero-order valence-corrected chi connectivity index (χ0v) is 11.9. The monoisotopic (exact) mass is 295 g/mol. The summed E-state index contributed by atoms with van der Waals surface area (Å²) in [6.45, 7) is 0.450. The van der Waals surface area contributed by atoms with Crippen LogP contribution in [0.3, 0.4) is 0 Å². The summed E-state index contributed by atoms with van der Waals surface area (Å²) in [5.74, 6) is -0.874. The Kier molecular flexibility index (Phi) is 4.65. The van der Waals surface area contributed by atoms with Gasteiger partial charge in [-0.05, 0) is 36.0 Å². The van der Waals surface area contributed by atoms with E-state index < -0.39 is 5.97 Å². The number of aliphatic carboxylic acids is 1. The lowest BCUT2D eigenvalue weighted by atomic mass is 9.66. The number of carboxylic acid groups (broad SMARTS) is 1. The highest BCUT2D eigenvalue weighted by molar-refractivity contribution is 6.30. The number of hydrogen-bond acceptors (Lipinski definition) is 2. The van der Waals surface area contributed by atoms with Gasteiger partial charge in [-0.25, -0.2) is 0 Å². The molecule has 1 aromatic rings. The van der Waals surface area contributed by atoms with Crippen molar-refractivity contribution in [3.05, 3.63) is 34.9 Å². The minimum atomic E-state index is -0.795. The predicted octanol–water partition coefficient (Wildman–Crippen LogP) is 2.64. The molecular weight excluding hydrogens is 278 g/mol. The van der Waals surface area contributed by atoms with Crippen LogP contribution in [0.1, 0.15) is 31.2 Å². The molecule has 0 aliphatic heterocycles. The Bertz CT molecular complexity index is 494. The molecule has 5 heteroatoms. The first-order chi connectivity index (χ1) is 9.49. The molecule has 1 fully saturated rings. The van der Waals surface area contributed by atoms with Crippen LogP contribution < -0.4 is 5.32 Å². The summed E-state index contributed by atoms with van der Waals surface area (Å²) >= 11 is 5.79. The van der Waals surface area contributed by atoms with E-state index in [1.165, 1.54) is 0 Å². The average molecular weight is 296 g/mol. The second-order valence-electron chi connectivity index (χ2n) is 5.50. The molecule has 0 atom stereocenters. The molecule has 20 heavy (non-hydrogen) atoms. The molecule has 2 rings (SSSR count). The number of carbonyl (C=O) groups is 2. The molecule has 1 aliphatic rings. The maximum absolute atomic E-state index is 11.9. The SMILES string of the molecule is O=C(O)CC1(CNC(=O)Cc2ccc(Cl)cc2)CCC1. The van der Waals surface area contributed by atoms with Gasteiger partial charge >= 0.3 is 5.97 Å². The summed E-state index contributed by atoms with van der Waals surface area (Å²) in [5, 5.41) is 12.4.